The molecule has 8 nitrogen and oxygen atoms in total. The van der Waals surface area contributed by atoms with Gasteiger partial charge in [0.25, 0.3) is 11.8 Å². The Kier molecular flexibility index (Phi) is 4.23. The van der Waals surface area contributed by atoms with Crippen LogP contribution in [0.1, 0.15) is 38.1 Å². The van der Waals surface area contributed by atoms with Crippen LogP contribution in [0, 0.1) is 0 Å². The number of fused-ring (bicyclic) bond motifs is 2. The van der Waals surface area contributed by atoms with Gasteiger partial charge in [-0.05, 0) is 30.2 Å². The molecule has 1 aromatic heterocycles. The fraction of sp³-hybridized carbons (Fsp3) is 0.278. The molecule has 1 aromatic carbocycles. The first-order chi connectivity index (χ1) is 12.9. The molecule has 0 spiro atoms. The fourth-order valence-corrected chi connectivity index (χ4v) is 4.50. The topological polar surface area (TPSA) is 111 Å². The van der Waals surface area contributed by atoms with Crippen molar-refractivity contribution < 1.29 is 23.9 Å². The van der Waals surface area contributed by atoms with E-state index in [0.29, 0.717) is 47.1 Å². The lowest BCUT2D eigenvalue weighted by atomic mass is 10.0. The molecule has 2 aromatic rings. The minimum atomic E-state index is -0.593. The van der Waals surface area contributed by atoms with Gasteiger partial charge < -0.3 is 25.4 Å². The van der Waals surface area contributed by atoms with E-state index in [0.717, 1.165) is 10.4 Å². The zero-order valence-corrected chi connectivity index (χ0v) is 15.4. The summed E-state index contributed by atoms with van der Waals surface area (Å²) in [7, 11) is 0. The Morgan fingerprint density at radius 3 is 2.74 bits per heavy atom. The van der Waals surface area contributed by atoms with Crippen LogP contribution in [0.5, 0.6) is 11.5 Å². The van der Waals surface area contributed by atoms with Crippen molar-refractivity contribution in [3.63, 3.8) is 0 Å². The van der Waals surface area contributed by atoms with Gasteiger partial charge in [0.2, 0.25) is 12.7 Å². The predicted molar refractivity (Wildman–Crippen MR) is 98.2 cm³/mol. The average molecular weight is 387 g/mol. The van der Waals surface area contributed by atoms with Crippen molar-refractivity contribution in [3.8, 4) is 11.5 Å². The largest absolute Gasteiger partial charge is 0.454 e. The van der Waals surface area contributed by atoms with Gasteiger partial charge in [-0.1, -0.05) is 0 Å². The predicted octanol–water partition coefficient (Wildman–Crippen LogP) is 1.73. The number of primary amides is 1. The summed E-state index contributed by atoms with van der Waals surface area (Å²) in [6.45, 7) is 2.57. The second-order valence-electron chi connectivity index (χ2n) is 6.28. The van der Waals surface area contributed by atoms with Crippen molar-refractivity contribution >= 4 is 34.1 Å². The maximum Gasteiger partial charge on any atom is 0.256 e. The van der Waals surface area contributed by atoms with Crippen LogP contribution in [0.25, 0.3) is 0 Å². The zero-order chi connectivity index (χ0) is 19.1. The zero-order valence-electron chi connectivity index (χ0n) is 14.5. The number of rotatable bonds is 3. The summed E-state index contributed by atoms with van der Waals surface area (Å²) < 4.78 is 10.5. The molecular formula is C18H17N3O5S. The Morgan fingerprint density at radius 1 is 1.22 bits per heavy atom. The van der Waals surface area contributed by atoms with Crippen molar-refractivity contribution in [2.45, 2.75) is 19.9 Å². The minimum Gasteiger partial charge on any atom is -0.454 e. The van der Waals surface area contributed by atoms with Crippen LogP contribution in [-0.4, -0.2) is 36.0 Å². The second-order valence-corrected chi connectivity index (χ2v) is 7.39. The van der Waals surface area contributed by atoms with Crippen molar-refractivity contribution in [1.29, 1.82) is 0 Å². The normalized spacial score (nSPS) is 14.6. The van der Waals surface area contributed by atoms with Gasteiger partial charge >= 0.3 is 0 Å². The summed E-state index contributed by atoms with van der Waals surface area (Å²) in [6, 6.07) is 4.88. The number of hydrogen-bond acceptors (Lipinski definition) is 6. The Hall–Kier alpha value is -3.07. The standard InChI is InChI=1S/C18H17N3O5S/c1-9(22)21-5-4-11-14(7-21)27-18(15(11)16(19)23)20-17(24)10-2-3-12-13(6-10)26-8-25-12/h2-3,6H,4-5,7-8H2,1H3,(H2,19,23)(H,20,24). The van der Waals surface area contributed by atoms with Crippen molar-refractivity contribution in [3.05, 3.63) is 39.8 Å². The molecule has 140 valence electrons. The summed E-state index contributed by atoms with van der Waals surface area (Å²) in [4.78, 5) is 38.9. The van der Waals surface area contributed by atoms with Crippen molar-refractivity contribution in [2.75, 3.05) is 18.7 Å². The minimum absolute atomic E-state index is 0.0272. The van der Waals surface area contributed by atoms with Gasteiger partial charge in [0.1, 0.15) is 5.00 Å². The Morgan fingerprint density at radius 2 is 2.00 bits per heavy atom. The number of benzene rings is 1. The van der Waals surface area contributed by atoms with E-state index in [9.17, 15) is 14.4 Å². The summed E-state index contributed by atoms with van der Waals surface area (Å²) in [5, 5.41) is 3.18. The van der Waals surface area contributed by atoms with Crippen LogP contribution < -0.4 is 20.5 Å². The summed E-state index contributed by atoms with van der Waals surface area (Å²) in [6.07, 6.45) is 0.531. The number of hydrogen-bond donors (Lipinski definition) is 2. The van der Waals surface area contributed by atoms with Gasteiger partial charge in [0, 0.05) is 23.9 Å². The van der Waals surface area contributed by atoms with E-state index in [2.05, 4.69) is 5.32 Å². The van der Waals surface area contributed by atoms with E-state index in [4.69, 9.17) is 15.2 Å². The lowest BCUT2D eigenvalue weighted by Gasteiger charge is -2.25. The molecule has 27 heavy (non-hydrogen) atoms. The van der Waals surface area contributed by atoms with Crippen molar-refractivity contribution in [2.24, 2.45) is 5.73 Å². The lowest BCUT2D eigenvalue weighted by Crippen LogP contribution is -2.34. The van der Waals surface area contributed by atoms with E-state index in [1.54, 1.807) is 23.1 Å². The second kappa shape index (κ2) is 6.58. The number of nitrogens with two attached hydrogens (primary N) is 1. The molecule has 0 bridgehead atoms. The van der Waals surface area contributed by atoms with E-state index >= 15 is 0 Å². The highest BCUT2D eigenvalue weighted by Gasteiger charge is 2.29. The summed E-state index contributed by atoms with van der Waals surface area (Å²) in [5.74, 6) is 0.0869. The first kappa shape index (κ1) is 17.3. The van der Waals surface area contributed by atoms with Crippen LogP contribution >= 0.6 is 11.3 Å². The number of amides is 3. The van der Waals surface area contributed by atoms with E-state index in [1.165, 1.54) is 18.3 Å². The summed E-state index contributed by atoms with van der Waals surface area (Å²) in [5.41, 5.74) is 7.08. The van der Waals surface area contributed by atoms with Gasteiger partial charge in [-0.25, -0.2) is 0 Å². The van der Waals surface area contributed by atoms with Crippen LogP contribution in [0.15, 0.2) is 18.2 Å². The smallest absolute Gasteiger partial charge is 0.256 e. The average Bonchev–Trinajstić information content (AvgIpc) is 3.23. The Labute approximate surface area is 158 Å². The molecule has 0 fully saturated rings. The highest BCUT2D eigenvalue weighted by molar-refractivity contribution is 7.17. The number of nitrogens with zero attached hydrogens (tertiary/aromatic N) is 1. The number of ether oxygens (including phenoxy) is 2. The first-order valence-corrected chi connectivity index (χ1v) is 9.16. The first-order valence-electron chi connectivity index (χ1n) is 8.35. The van der Waals surface area contributed by atoms with E-state index < -0.39 is 5.91 Å². The number of nitrogens with one attached hydrogen (secondary N) is 1. The number of carbonyl (C=O) groups is 3. The van der Waals surface area contributed by atoms with Gasteiger partial charge in [0.15, 0.2) is 11.5 Å². The van der Waals surface area contributed by atoms with Crippen LogP contribution in [0.3, 0.4) is 0 Å². The summed E-state index contributed by atoms with van der Waals surface area (Å²) >= 11 is 1.28. The molecule has 3 heterocycles. The molecule has 0 saturated heterocycles. The molecule has 3 N–H and O–H groups in total. The van der Waals surface area contributed by atoms with Gasteiger partial charge in [-0.3, -0.25) is 14.4 Å². The molecule has 3 amide bonds. The molecule has 0 saturated carbocycles. The molecular weight excluding hydrogens is 370 g/mol. The molecule has 0 unspecified atom stereocenters. The molecule has 0 atom stereocenters. The SMILES string of the molecule is CC(=O)N1CCc2c(sc(NC(=O)c3ccc4c(c3)OCO4)c2C(N)=O)C1. The Balaban J connectivity index is 1.63. The lowest BCUT2D eigenvalue weighted by molar-refractivity contribution is -0.129. The van der Waals surface area contributed by atoms with Crippen LogP contribution in [0.4, 0.5) is 5.00 Å². The molecule has 2 aliphatic heterocycles. The molecule has 0 radical (unpaired) electrons. The highest BCUT2D eigenvalue weighted by atomic mass is 32.1. The van der Waals surface area contributed by atoms with E-state index in [1.807, 2.05) is 0 Å². The monoisotopic (exact) mass is 387 g/mol. The number of thiophene rings is 1. The number of carbonyl (C=O) groups excluding carboxylic acids is 3. The molecule has 2 aliphatic rings. The third-order valence-corrected chi connectivity index (χ3v) is 5.74. The van der Waals surface area contributed by atoms with Crippen LogP contribution in [-0.2, 0) is 17.8 Å². The molecule has 4 rings (SSSR count). The number of anilines is 1. The third kappa shape index (κ3) is 3.10. The molecule has 0 aliphatic carbocycles. The van der Waals surface area contributed by atoms with Gasteiger partial charge in [-0.15, -0.1) is 11.3 Å². The van der Waals surface area contributed by atoms with Crippen molar-refractivity contribution in [1.82, 2.24) is 4.90 Å². The quantitative estimate of drug-likeness (QED) is 0.833. The Bertz CT molecular complexity index is 968. The van der Waals surface area contributed by atoms with E-state index in [-0.39, 0.29) is 18.6 Å². The van der Waals surface area contributed by atoms with Crippen LogP contribution in [0.2, 0.25) is 0 Å². The maximum atomic E-state index is 12.7. The van der Waals surface area contributed by atoms with Gasteiger partial charge in [-0.2, -0.15) is 0 Å². The maximum absolute atomic E-state index is 12.7. The molecule has 9 heteroatoms. The van der Waals surface area contributed by atoms with Gasteiger partial charge in [0.05, 0.1) is 12.1 Å². The fourth-order valence-electron chi connectivity index (χ4n) is 3.23. The third-order valence-electron chi connectivity index (χ3n) is 4.61. The highest BCUT2D eigenvalue weighted by Crippen LogP contribution is 2.38.